The minimum atomic E-state index is -0.458. The normalized spacial score (nSPS) is 10.6. The third kappa shape index (κ3) is 6.26. The van der Waals surface area contributed by atoms with Gasteiger partial charge in [0.05, 0.1) is 7.11 Å². The molecule has 0 saturated carbocycles. The van der Waals surface area contributed by atoms with Crippen LogP contribution in [0.25, 0.3) is 0 Å². The number of rotatable bonds is 7. The molecule has 0 radical (unpaired) electrons. The zero-order valence-electron chi connectivity index (χ0n) is 20.6. The van der Waals surface area contributed by atoms with Crippen LogP contribution in [0.15, 0.2) is 54.6 Å². The van der Waals surface area contributed by atoms with Crippen molar-refractivity contribution < 1.29 is 33.3 Å². The van der Waals surface area contributed by atoms with E-state index in [1.54, 1.807) is 24.3 Å². The van der Waals surface area contributed by atoms with Crippen molar-refractivity contribution >= 4 is 17.9 Å². The van der Waals surface area contributed by atoms with Crippen LogP contribution in [0.4, 0.5) is 0 Å². The van der Waals surface area contributed by atoms with Crippen LogP contribution >= 0.6 is 0 Å². The molecule has 0 spiro atoms. The first kappa shape index (κ1) is 25.5. The molecular weight excluding hydrogens is 448 g/mol. The molecule has 0 aliphatic rings. The fourth-order valence-electron chi connectivity index (χ4n) is 3.93. The number of esters is 3. The minimum absolute atomic E-state index is 0.273. The molecule has 3 rings (SSSR count). The maximum atomic E-state index is 11.7. The number of benzene rings is 3. The van der Waals surface area contributed by atoms with E-state index >= 15 is 0 Å². The molecule has 0 aromatic heterocycles. The molecule has 0 aliphatic heterocycles. The Kier molecular flexibility index (Phi) is 7.91. The topological polar surface area (TPSA) is 88.1 Å². The number of hydrogen-bond donors (Lipinski definition) is 0. The Morgan fingerprint density at radius 3 is 1.31 bits per heavy atom. The first-order valence-electron chi connectivity index (χ1n) is 11.0. The summed E-state index contributed by atoms with van der Waals surface area (Å²) in [7, 11) is 1.51. The van der Waals surface area contributed by atoms with Crippen LogP contribution in [0.2, 0.25) is 0 Å². The molecule has 7 nitrogen and oxygen atoms in total. The lowest BCUT2D eigenvalue weighted by atomic mass is 9.83. The summed E-state index contributed by atoms with van der Waals surface area (Å²) < 4.78 is 21.3. The van der Waals surface area contributed by atoms with Crippen LogP contribution in [-0.2, 0) is 14.4 Å². The lowest BCUT2D eigenvalue weighted by Crippen LogP contribution is -2.09. The van der Waals surface area contributed by atoms with Crippen molar-refractivity contribution in [1.29, 1.82) is 0 Å². The molecule has 0 heterocycles. The second kappa shape index (κ2) is 10.9. The van der Waals surface area contributed by atoms with Gasteiger partial charge >= 0.3 is 17.9 Å². The summed E-state index contributed by atoms with van der Waals surface area (Å²) in [5.74, 6) is 0.193. The van der Waals surface area contributed by atoms with Crippen molar-refractivity contribution in [2.75, 3.05) is 7.11 Å². The fraction of sp³-hybridized carbons (Fsp3) is 0.250. The van der Waals surface area contributed by atoms with Gasteiger partial charge in [-0.1, -0.05) is 30.3 Å². The number of hydrogen-bond acceptors (Lipinski definition) is 7. The lowest BCUT2D eigenvalue weighted by Gasteiger charge is -2.22. The van der Waals surface area contributed by atoms with Crippen molar-refractivity contribution in [3.05, 3.63) is 82.4 Å². The molecule has 35 heavy (non-hydrogen) atoms. The van der Waals surface area contributed by atoms with Crippen LogP contribution in [0.5, 0.6) is 23.0 Å². The first-order chi connectivity index (χ1) is 16.6. The molecule has 0 fully saturated rings. The van der Waals surface area contributed by atoms with Gasteiger partial charge in [-0.05, 0) is 65.9 Å². The van der Waals surface area contributed by atoms with Gasteiger partial charge in [-0.15, -0.1) is 0 Å². The van der Waals surface area contributed by atoms with Crippen molar-refractivity contribution in [2.24, 2.45) is 0 Å². The monoisotopic (exact) mass is 476 g/mol. The van der Waals surface area contributed by atoms with Crippen molar-refractivity contribution in [3.8, 4) is 23.0 Å². The summed E-state index contributed by atoms with van der Waals surface area (Å²) in [6.07, 6.45) is 0. The van der Waals surface area contributed by atoms with E-state index in [1.165, 1.54) is 27.9 Å². The maximum absolute atomic E-state index is 11.7. The van der Waals surface area contributed by atoms with Gasteiger partial charge in [0.2, 0.25) is 0 Å². The zero-order chi connectivity index (χ0) is 25.7. The summed E-state index contributed by atoms with van der Waals surface area (Å²) in [5.41, 5.74) is 4.30. The number of aryl methyl sites for hydroxylation is 2. The summed E-state index contributed by atoms with van der Waals surface area (Å²) >= 11 is 0. The van der Waals surface area contributed by atoms with Crippen LogP contribution in [0.3, 0.4) is 0 Å². The highest BCUT2D eigenvalue weighted by atomic mass is 16.6. The van der Waals surface area contributed by atoms with Gasteiger partial charge in [0, 0.05) is 26.7 Å². The highest BCUT2D eigenvalue weighted by Gasteiger charge is 2.22. The predicted octanol–water partition coefficient (Wildman–Crippen LogP) is 5.27. The van der Waals surface area contributed by atoms with E-state index in [0.29, 0.717) is 23.0 Å². The van der Waals surface area contributed by atoms with E-state index in [1.807, 2.05) is 44.2 Å². The third-order valence-electron chi connectivity index (χ3n) is 5.35. The van der Waals surface area contributed by atoms with Crippen LogP contribution in [0, 0.1) is 13.8 Å². The molecule has 0 N–H and O–H groups in total. The first-order valence-corrected chi connectivity index (χ1v) is 11.0. The van der Waals surface area contributed by atoms with Gasteiger partial charge in [0.25, 0.3) is 0 Å². The average Bonchev–Trinajstić information content (AvgIpc) is 2.77. The predicted molar refractivity (Wildman–Crippen MR) is 130 cm³/mol. The Morgan fingerprint density at radius 1 is 0.571 bits per heavy atom. The van der Waals surface area contributed by atoms with Crippen LogP contribution in [0.1, 0.15) is 54.5 Å². The van der Waals surface area contributed by atoms with E-state index in [0.717, 1.165) is 27.8 Å². The fourth-order valence-corrected chi connectivity index (χ4v) is 3.93. The number of ether oxygens (including phenoxy) is 4. The van der Waals surface area contributed by atoms with Crippen LogP contribution in [-0.4, -0.2) is 25.0 Å². The van der Waals surface area contributed by atoms with E-state index in [9.17, 15) is 14.4 Å². The highest BCUT2D eigenvalue weighted by molar-refractivity contribution is 5.71. The van der Waals surface area contributed by atoms with Gasteiger partial charge in [0.15, 0.2) is 11.5 Å². The zero-order valence-corrected chi connectivity index (χ0v) is 20.6. The molecule has 7 heteroatoms. The van der Waals surface area contributed by atoms with E-state index in [2.05, 4.69) is 0 Å². The highest BCUT2D eigenvalue weighted by Crippen LogP contribution is 2.39. The Labute approximate surface area is 204 Å². The second-order valence-corrected chi connectivity index (χ2v) is 8.17. The molecule has 182 valence electrons. The summed E-state index contributed by atoms with van der Waals surface area (Å²) in [5, 5.41) is 0. The van der Waals surface area contributed by atoms with Crippen molar-refractivity contribution in [2.45, 2.75) is 40.5 Å². The molecule has 3 aromatic carbocycles. The van der Waals surface area contributed by atoms with E-state index in [4.69, 9.17) is 18.9 Å². The smallest absolute Gasteiger partial charge is 0.308 e. The second-order valence-electron chi connectivity index (χ2n) is 8.17. The number of carbonyl (C=O) groups is 3. The van der Waals surface area contributed by atoms with Gasteiger partial charge in [-0.2, -0.15) is 0 Å². The van der Waals surface area contributed by atoms with E-state index in [-0.39, 0.29) is 5.92 Å². The number of methoxy groups -OCH3 is 1. The molecule has 0 amide bonds. The third-order valence-corrected chi connectivity index (χ3v) is 5.35. The molecule has 0 bridgehead atoms. The Hall–Kier alpha value is -4.13. The molecule has 3 aromatic rings. The molecule has 0 atom stereocenters. The summed E-state index contributed by atoms with van der Waals surface area (Å²) in [6.45, 7) is 7.78. The maximum Gasteiger partial charge on any atom is 0.308 e. The standard InChI is InChI=1S/C28H28O7/c1-16-13-21(7-10-24(16)33-18(3)29)28(22-8-11-25(17(2)14-22)34-19(4)30)23-9-12-26(32-6)27(15-23)35-20(5)31/h7-15,28H,1-6H3. The van der Waals surface area contributed by atoms with Gasteiger partial charge in [0.1, 0.15) is 11.5 Å². The minimum Gasteiger partial charge on any atom is -0.493 e. The van der Waals surface area contributed by atoms with Gasteiger partial charge in [-0.25, -0.2) is 0 Å². The SMILES string of the molecule is COc1ccc(C(c2ccc(OC(C)=O)c(C)c2)c2ccc(OC(C)=O)c(C)c2)cc1OC(C)=O. The summed E-state index contributed by atoms with van der Waals surface area (Å²) in [6, 6.07) is 16.6. The average molecular weight is 477 g/mol. The lowest BCUT2D eigenvalue weighted by molar-refractivity contribution is -0.132. The molecule has 0 saturated heterocycles. The quantitative estimate of drug-likeness (QED) is 0.261. The van der Waals surface area contributed by atoms with E-state index < -0.39 is 17.9 Å². The van der Waals surface area contributed by atoms with Crippen LogP contribution < -0.4 is 18.9 Å². The van der Waals surface area contributed by atoms with Gasteiger partial charge < -0.3 is 18.9 Å². The Bertz CT molecular complexity index is 1210. The molecule has 0 unspecified atom stereocenters. The summed E-state index contributed by atoms with van der Waals surface area (Å²) in [4.78, 5) is 34.6. The Balaban J connectivity index is 2.18. The van der Waals surface area contributed by atoms with Crippen molar-refractivity contribution in [3.63, 3.8) is 0 Å². The molecule has 0 aliphatic carbocycles. The Morgan fingerprint density at radius 2 is 0.943 bits per heavy atom. The van der Waals surface area contributed by atoms with Gasteiger partial charge in [-0.3, -0.25) is 14.4 Å². The molecular formula is C28H28O7. The van der Waals surface area contributed by atoms with Crippen molar-refractivity contribution in [1.82, 2.24) is 0 Å². The largest absolute Gasteiger partial charge is 0.493 e. The number of carbonyl (C=O) groups excluding carboxylic acids is 3.